The van der Waals surface area contributed by atoms with Crippen molar-refractivity contribution in [2.45, 2.75) is 6.42 Å². The van der Waals surface area contributed by atoms with Crippen molar-refractivity contribution in [1.29, 1.82) is 0 Å². The van der Waals surface area contributed by atoms with E-state index >= 15 is 0 Å². The minimum absolute atomic E-state index is 0.270. The highest BCUT2D eigenvalue weighted by Gasteiger charge is 2.19. The molecule has 0 radical (unpaired) electrons. The Morgan fingerprint density at radius 1 is 1.47 bits per heavy atom. The highest BCUT2D eigenvalue weighted by Crippen LogP contribution is 2.23. The van der Waals surface area contributed by atoms with Crippen LogP contribution in [0.1, 0.15) is 5.56 Å². The number of hydrogen-bond donors (Lipinski definition) is 1. The topological polar surface area (TPSA) is 65.5 Å². The molecule has 1 aromatic carbocycles. The van der Waals surface area contributed by atoms with Crippen LogP contribution in [-0.4, -0.2) is 19.6 Å². The summed E-state index contributed by atoms with van der Waals surface area (Å²) in [4.78, 5) is 11.5. The number of ether oxygens (including phenoxy) is 1. The van der Waals surface area contributed by atoms with E-state index in [4.69, 9.17) is 14.9 Å². The molecular formula is C13H15NO3. The number of carbonyl (C=O) groups is 1. The second-order valence-electron chi connectivity index (χ2n) is 3.92. The maximum Gasteiger partial charge on any atom is 0.310 e. The smallest absolute Gasteiger partial charge is 0.310 e. The maximum absolute atomic E-state index is 11.5. The van der Waals surface area contributed by atoms with E-state index in [9.17, 15) is 4.79 Å². The summed E-state index contributed by atoms with van der Waals surface area (Å²) in [5.74, 6) is -0.598. The molecule has 0 amide bonds. The summed E-state index contributed by atoms with van der Waals surface area (Å²) >= 11 is 0. The molecule has 0 saturated heterocycles. The fourth-order valence-electron chi connectivity index (χ4n) is 1.89. The fourth-order valence-corrected chi connectivity index (χ4v) is 1.89. The molecule has 2 rings (SSSR count). The lowest BCUT2D eigenvalue weighted by molar-refractivity contribution is -0.145. The third-order valence-electron chi connectivity index (χ3n) is 2.85. The van der Waals surface area contributed by atoms with E-state index in [0.29, 0.717) is 6.42 Å². The number of nitrogens with two attached hydrogens (primary N) is 1. The van der Waals surface area contributed by atoms with E-state index in [2.05, 4.69) is 0 Å². The van der Waals surface area contributed by atoms with Crippen molar-refractivity contribution in [3.8, 4) is 0 Å². The fraction of sp³-hybridized carbons (Fsp3) is 0.308. The first-order valence-electron chi connectivity index (χ1n) is 5.49. The zero-order valence-electron chi connectivity index (χ0n) is 9.68. The number of rotatable bonds is 4. The van der Waals surface area contributed by atoms with Gasteiger partial charge in [0.15, 0.2) is 0 Å². The van der Waals surface area contributed by atoms with Crippen LogP contribution in [0.2, 0.25) is 0 Å². The molecule has 0 fully saturated rings. The van der Waals surface area contributed by atoms with Crippen molar-refractivity contribution >= 4 is 16.9 Å². The van der Waals surface area contributed by atoms with E-state index < -0.39 is 0 Å². The summed E-state index contributed by atoms with van der Waals surface area (Å²) in [5.41, 5.74) is 7.39. The second-order valence-corrected chi connectivity index (χ2v) is 3.92. The standard InChI is InChI=1S/C13H15NO3/c1-16-13(15)9(7-14)6-10-8-17-12-5-3-2-4-11(10)12/h2-5,8-9H,6-7,14H2,1H3. The van der Waals surface area contributed by atoms with Crippen LogP contribution < -0.4 is 5.73 Å². The average molecular weight is 233 g/mol. The van der Waals surface area contributed by atoms with Crippen molar-refractivity contribution in [3.05, 3.63) is 36.1 Å². The summed E-state index contributed by atoms with van der Waals surface area (Å²) in [6.07, 6.45) is 2.22. The first-order valence-corrected chi connectivity index (χ1v) is 5.49. The third kappa shape index (κ3) is 2.31. The molecule has 2 aromatic rings. The zero-order valence-corrected chi connectivity index (χ0v) is 9.68. The van der Waals surface area contributed by atoms with Crippen LogP contribution in [-0.2, 0) is 16.0 Å². The van der Waals surface area contributed by atoms with Gasteiger partial charge in [-0.3, -0.25) is 4.79 Å². The predicted molar refractivity (Wildman–Crippen MR) is 64.5 cm³/mol. The Morgan fingerprint density at radius 2 is 2.24 bits per heavy atom. The zero-order chi connectivity index (χ0) is 12.3. The molecule has 0 aliphatic rings. The Balaban J connectivity index is 2.25. The molecule has 0 aliphatic carbocycles. The van der Waals surface area contributed by atoms with Gasteiger partial charge in [0, 0.05) is 11.9 Å². The van der Waals surface area contributed by atoms with Crippen LogP contribution in [0.15, 0.2) is 34.9 Å². The lowest BCUT2D eigenvalue weighted by Gasteiger charge is -2.10. The van der Waals surface area contributed by atoms with Crippen molar-refractivity contribution < 1.29 is 13.9 Å². The van der Waals surface area contributed by atoms with Gasteiger partial charge < -0.3 is 14.9 Å². The molecule has 0 aliphatic heterocycles. The number of esters is 1. The van der Waals surface area contributed by atoms with Gasteiger partial charge in [-0.15, -0.1) is 0 Å². The van der Waals surface area contributed by atoms with Crippen molar-refractivity contribution in [3.63, 3.8) is 0 Å². The molecule has 1 unspecified atom stereocenters. The van der Waals surface area contributed by atoms with Crippen LogP contribution in [0.5, 0.6) is 0 Å². The van der Waals surface area contributed by atoms with E-state index in [1.165, 1.54) is 7.11 Å². The summed E-state index contributed by atoms with van der Waals surface area (Å²) in [7, 11) is 1.37. The normalized spacial score (nSPS) is 12.6. The number of para-hydroxylation sites is 1. The largest absolute Gasteiger partial charge is 0.469 e. The van der Waals surface area contributed by atoms with Crippen LogP contribution >= 0.6 is 0 Å². The Hall–Kier alpha value is -1.81. The van der Waals surface area contributed by atoms with Crippen LogP contribution in [0, 0.1) is 5.92 Å². The SMILES string of the molecule is COC(=O)C(CN)Cc1coc2ccccc12. The first kappa shape index (κ1) is 11.7. The van der Waals surface area contributed by atoms with Gasteiger partial charge in [0.2, 0.25) is 0 Å². The minimum atomic E-state index is -0.319. The van der Waals surface area contributed by atoms with Gasteiger partial charge in [0.25, 0.3) is 0 Å². The minimum Gasteiger partial charge on any atom is -0.469 e. The Morgan fingerprint density at radius 3 is 2.94 bits per heavy atom. The first-order chi connectivity index (χ1) is 8.26. The Kier molecular flexibility index (Phi) is 3.44. The number of furan rings is 1. The second kappa shape index (κ2) is 5.01. The lowest BCUT2D eigenvalue weighted by Crippen LogP contribution is -2.26. The summed E-state index contributed by atoms with van der Waals surface area (Å²) in [5, 5.41) is 1.02. The molecule has 90 valence electrons. The van der Waals surface area contributed by atoms with Crippen LogP contribution in [0.3, 0.4) is 0 Å². The summed E-state index contributed by atoms with van der Waals surface area (Å²) in [6, 6.07) is 7.72. The van der Waals surface area contributed by atoms with Gasteiger partial charge >= 0.3 is 5.97 Å². The number of benzene rings is 1. The Bertz CT molecular complexity index is 518. The number of methoxy groups -OCH3 is 1. The molecule has 0 bridgehead atoms. The van der Waals surface area contributed by atoms with E-state index in [1.807, 2.05) is 24.3 Å². The molecule has 1 atom stereocenters. The third-order valence-corrected chi connectivity index (χ3v) is 2.85. The van der Waals surface area contributed by atoms with Gasteiger partial charge in [0.1, 0.15) is 5.58 Å². The summed E-state index contributed by atoms with van der Waals surface area (Å²) < 4.78 is 10.1. The van der Waals surface area contributed by atoms with Gasteiger partial charge in [-0.05, 0) is 18.1 Å². The van der Waals surface area contributed by atoms with Crippen molar-refractivity contribution in [2.24, 2.45) is 11.7 Å². The quantitative estimate of drug-likeness (QED) is 0.817. The molecular weight excluding hydrogens is 218 g/mol. The average Bonchev–Trinajstić information content (AvgIpc) is 2.78. The van der Waals surface area contributed by atoms with Crippen molar-refractivity contribution in [1.82, 2.24) is 0 Å². The van der Waals surface area contributed by atoms with Crippen molar-refractivity contribution in [2.75, 3.05) is 13.7 Å². The lowest BCUT2D eigenvalue weighted by atomic mass is 9.99. The number of fused-ring (bicyclic) bond motifs is 1. The van der Waals surface area contributed by atoms with Crippen LogP contribution in [0.4, 0.5) is 0 Å². The molecule has 17 heavy (non-hydrogen) atoms. The maximum atomic E-state index is 11.5. The van der Waals surface area contributed by atoms with E-state index in [-0.39, 0.29) is 18.4 Å². The highest BCUT2D eigenvalue weighted by atomic mass is 16.5. The molecule has 0 spiro atoms. The van der Waals surface area contributed by atoms with Crippen LogP contribution in [0.25, 0.3) is 11.0 Å². The monoisotopic (exact) mass is 233 g/mol. The van der Waals surface area contributed by atoms with E-state index in [1.54, 1.807) is 6.26 Å². The van der Waals surface area contributed by atoms with E-state index in [0.717, 1.165) is 16.5 Å². The Labute approximate surface area is 99.3 Å². The molecule has 2 N–H and O–H groups in total. The highest BCUT2D eigenvalue weighted by molar-refractivity contribution is 5.82. The molecule has 4 heteroatoms. The molecule has 0 saturated carbocycles. The number of hydrogen-bond acceptors (Lipinski definition) is 4. The predicted octanol–water partition coefficient (Wildman–Crippen LogP) is 1.72. The van der Waals surface area contributed by atoms with Gasteiger partial charge in [-0.25, -0.2) is 0 Å². The van der Waals surface area contributed by atoms with Gasteiger partial charge in [-0.1, -0.05) is 18.2 Å². The molecule has 1 aromatic heterocycles. The molecule has 4 nitrogen and oxygen atoms in total. The molecule has 1 heterocycles. The van der Waals surface area contributed by atoms with Gasteiger partial charge in [-0.2, -0.15) is 0 Å². The summed E-state index contributed by atoms with van der Waals surface area (Å²) in [6.45, 7) is 0.270. The number of carbonyl (C=O) groups excluding carboxylic acids is 1. The van der Waals surface area contributed by atoms with Gasteiger partial charge in [0.05, 0.1) is 19.3 Å².